The van der Waals surface area contributed by atoms with Crippen molar-refractivity contribution in [3.8, 4) is 0 Å². The first-order chi connectivity index (χ1) is 13.8. The van der Waals surface area contributed by atoms with E-state index in [9.17, 15) is 13.2 Å². The Morgan fingerprint density at radius 2 is 1.69 bits per heavy atom. The van der Waals surface area contributed by atoms with E-state index in [4.69, 9.17) is 0 Å². The van der Waals surface area contributed by atoms with Crippen LogP contribution in [-0.4, -0.2) is 35.4 Å². The van der Waals surface area contributed by atoms with Crippen LogP contribution in [0.4, 0.5) is 0 Å². The number of aromatic nitrogens is 2. The number of piperidine rings is 1. The van der Waals surface area contributed by atoms with E-state index < -0.39 is 10.0 Å². The van der Waals surface area contributed by atoms with E-state index in [0.29, 0.717) is 41.7 Å². The average molecular weight is 412 g/mol. The van der Waals surface area contributed by atoms with Gasteiger partial charge in [0.1, 0.15) is 0 Å². The van der Waals surface area contributed by atoms with Gasteiger partial charge in [0.2, 0.25) is 10.0 Å². The summed E-state index contributed by atoms with van der Waals surface area (Å²) in [5.41, 5.74) is 3.68. The number of hydrogen-bond acceptors (Lipinski definition) is 4. The Hall–Kier alpha value is -2.51. The molecule has 0 spiro atoms. The maximum Gasteiger partial charge on any atom is 0.261 e. The molecule has 29 heavy (non-hydrogen) atoms. The van der Waals surface area contributed by atoms with Gasteiger partial charge in [-0.1, -0.05) is 17.7 Å². The highest BCUT2D eigenvalue weighted by Gasteiger charge is 2.30. The lowest BCUT2D eigenvalue weighted by Gasteiger charge is -2.32. The summed E-state index contributed by atoms with van der Waals surface area (Å²) in [7, 11) is -3.53. The summed E-state index contributed by atoms with van der Waals surface area (Å²) < 4.78 is 29.2. The van der Waals surface area contributed by atoms with Crippen LogP contribution in [0.2, 0.25) is 0 Å². The van der Waals surface area contributed by atoms with Crippen molar-refractivity contribution < 1.29 is 8.42 Å². The third-order valence-electron chi connectivity index (χ3n) is 5.87. The maximum atomic E-state index is 13.0. The lowest BCUT2D eigenvalue weighted by Crippen LogP contribution is -2.40. The number of rotatable bonds is 3. The van der Waals surface area contributed by atoms with Crippen molar-refractivity contribution in [3.63, 3.8) is 0 Å². The van der Waals surface area contributed by atoms with Crippen LogP contribution in [0.15, 0.2) is 52.4 Å². The molecule has 0 N–H and O–H groups in total. The van der Waals surface area contributed by atoms with Gasteiger partial charge in [0.25, 0.3) is 5.56 Å². The van der Waals surface area contributed by atoms with Crippen LogP contribution < -0.4 is 5.56 Å². The van der Waals surface area contributed by atoms with Gasteiger partial charge >= 0.3 is 0 Å². The zero-order valence-electron chi connectivity index (χ0n) is 16.9. The van der Waals surface area contributed by atoms with Crippen LogP contribution in [0.1, 0.15) is 35.6 Å². The fraction of sp³-hybridized carbons (Fsp3) is 0.364. The molecule has 6 nitrogen and oxygen atoms in total. The molecule has 0 unspecified atom stereocenters. The van der Waals surface area contributed by atoms with E-state index in [2.05, 4.69) is 4.98 Å². The second-order valence-electron chi connectivity index (χ2n) is 7.86. The standard InChI is InChI=1S/C22H25N3O3S/c1-15-4-7-21-20(12-15)22(26)25(14-23-21)18-8-10-24(11-9-18)29(27,28)19-6-5-16(2)17(3)13-19/h4-7,12-14,18H,8-11H2,1-3H3. The van der Waals surface area contributed by atoms with Crippen molar-refractivity contribution in [2.45, 2.75) is 44.6 Å². The van der Waals surface area contributed by atoms with Gasteiger partial charge in [-0.05, 0) is 69.0 Å². The minimum absolute atomic E-state index is 0.0499. The minimum Gasteiger partial charge on any atom is -0.296 e. The summed E-state index contributed by atoms with van der Waals surface area (Å²) in [6.45, 7) is 6.61. The Morgan fingerprint density at radius 3 is 2.38 bits per heavy atom. The van der Waals surface area contributed by atoms with Gasteiger partial charge in [0.05, 0.1) is 22.1 Å². The third kappa shape index (κ3) is 3.60. The molecule has 3 aromatic rings. The number of benzene rings is 2. The fourth-order valence-corrected chi connectivity index (χ4v) is 5.45. The lowest BCUT2D eigenvalue weighted by atomic mass is 10.1. The molecule has 0 radical (unpaired) electrons. The molecule has 0 aliphatic carbocycles. The normalized spacial score (nSPS) is 16.4. The molecule has 2 heterocycles. The SMILES string of the molecule is Cc1ccc2ncn(C3CCN(S(=O)(=O)c4ccc(C)c(C)c4)CC3)c(=O)c2c1. The molecule has 2 aromatic carbocycles. The van der Waals surface area contributed by atoms with Crippen LogP contribution >= 0.6 is 0 Å². The number of hydrogen-bond donors (Lipinski definition) is 0. The predicted molar refractivity (Wildman–Crippen MR) is 114 cm³/mol. The highest BCUT2D eigenvalue weighted by Crippen LogP contribution is 2.27. The summed E-state index contributed by atoms with van der Waals surface area (Å²) in [6.07, 6.45) is 2.77. The second-order valence-corrected chi connectivity index (χ2v) is 9.80. The van der Waals surface area contributed by atoms with Crippen molar-refractivity contribution in [2.75, 3.05) is 13.1 Å². The number of aryl methyl sites for hydroxylation is 3. The van der Waals surface area contributed by atoms with Crippen LogP contribution in [-0.2, 0) is 10.0 Å². The highest BCUT2D eigenvalue weighted by atomic mass is 32.2. The van der Waals surface area contributed by atoms with Crippen molar-refractivity contribution >= 4 is 20.9 Å². The highest BCUT2D eigenvalue weighted by molar-refractivity contribution is 7.89. The van der Waals surface area contributed by atoms with Crippen LogP contribution in [0.3, 0.4) is 0 Å². The molecule has 1 aliphatic heterocycles. The second kappa shape index (κ2) is 7.39. The zero-order valence-corrected chi connectivity index (χ0v) is 17.7. The van der Waals surface area contributed by atoms with Crippen molar-refractivity contribution in [1.29, 1.82) is 0 Å². The molecule has 0 atom stereocenters. The molecule has 1 aromatic heterocycles. The number of nitrogens with zero attached hydrogens (tertiary/aromatic N) is 3. The molecule has 7 heteroatoms. The predicted octanol–water partition coefficient (Wildman–Crippen LogP) is 3.35. The molecule has 1 aliphatic rings. The Morgan fingerprint density at radius 1 is 0.966 bits per heavy atom. The van der Waals surface area contributed by atoms with Crippen molar-refractivity contribution in [1.82, 2.24) is 13.9 Å². The molecular formula is C22H25N3O3S. The van der Waals surface area contributed by atoms with E-state index in [0.717, 1.165) is 16.7 Å². The van der Waals surface area contributed by atoms with Gasteiger partial charge in [-0.15, -0.1) is 0 Å². The first-order valence-corrected chi connectivity index (χ1v) is 11.3. The first-order valence-electron chi connectivity index (χ1n) is 9.82. The van der Waals surface area contributed by atoms with E-state index in [1.807, 2.05) is 45.0 Å². The Bertz CT molecular complexity index is 1240. The van der Waals surface area contributed by atoms with Crippen LogP contribution in [0.5, 0.6) is 0 Å². The summed E-state index contributed by atoms with van der Waals surface area (Å²) in [5.74, 6) is 0. The van der Waals surface area contributed by atoms with Crippen molar-refractivity contribution in [2.24, 2.45) is 0 Å². The van der Waals surface area contributed by atoms with E-state index in [1.54, 1.807) is 23.0 Å². The van der Waals surface area contributed by atoms with Crippen molar-refractivity contribution in [3.05, 3.63) is 69.8 Å². The molecule has 0 amide bonds. The number of fused-ring (bicyclic) bond motifs is 1. The molecule has 1 saturated heterocycles. The molecule has 152 valence electrons. The molecule has 1 fully saturated rings. The molecular weight excluding hydrogens is 386 g/mol. The fourth-order valence-electron chi connectivity index (χ4n) is 3.89. The quantitative estimate of drug-likeness (QED) is 0.663. The van der Waals surface area contributed by atoms with Gasteiger partial charge in [0.15, 0.2) is 0 Å². The zero-order chi connectivity index (χ0) is 20.8. The average Bonchev–Trinajstić information content (AvgIpc) is 2.71. The Balaban J connectivity index is 1.56. The monoisotopic (exact) mass is 411 g/mol. The number of sulfonamides is 1. The van der Waals surface area contributed by atoms with Gasteiger partial charge in [-0.2, -0.15) is 4.31 Å². The van der Waals surface area contributed by atoms with E-state index >= 15 is 0 Å². The van der Waals surface area contributed by atoms with Crippen LogP contribution in [0.25, 0.3) is 10.9 Å². The third-order valence-corrected chi connectivity index (χ3v) is 7.77. The smallest absolute Gasteiger partial charge is 0.261 e. The molecule has 0 bridgehead atoms. The molecule has 4 rings (SSSR count). The lowest BCUT2D eigenvalue weighted by molar-refractivity contribution is 0.269. The van der Waals surface area contributed by atoms with Gasteiger partial charge in [0, 0.05) is 19.1 Å². The summed E-state index contributed by atoms with van der Waals surface area (Å²) in [4.78, 5) is 17.7. The first kappa shape index (κ1) is 19.8. The topological polar surface area (TPSA) is 72.3 Å². The molecule has 0 saturated carbocycles. The van der Waals surface area contributed by atoms with Crippen LogP contribution in [0, 0.1) is 20.8 Å². The maximum absolute atomic E-state index is 13.0. The van der Waals surface area contributed by atoms with E-state index in [-0.39, 0.29) is 11.6 Å². The Kier molecular flexibility index (Phi) is 5.04. The summed E-state index contributed by atoms with van der Waals surface area (Å²) in [5, 5.41) is 0.609. The van der Waals surface area contributed by atoms with Gasteiger partial charge < -0.3 is 0 Å². The van der Waals surface area contributed by atoms with Gasteiger partial charge in [-0.3, -0.25) is 9.36 Å². The Labute approximate surface area is 170 Å². The minimum atomic E-state index is -3.53. The van der Waals surface area contributed by atoms with Gasteiger partial charge in [-0.25, -0.2) is 13.4 Å². The van der Waals surface area contributed by atoms with E-state index in [1.165, 1.54) is 4.31 Å². The summed E-state index contributed by atoms with van der Waals surface area (Å²) >= 11 is 0. The summed E-state index contributed by atoms with van der Waals surface area (Å²) in [6, 6.07) is 10.9. The largest absolute Gasteiger partial charge is 0.296 e.